The quantitative estimate of drug-likeness (QED) is 0.677. The molecule has 4 nitrogen and oxygen atoms in total. The Morgan fingerprint density at radius 3 is 2.46 bits per heavy atom. The van der Waals surface area contributed by atoms with Gasteiger partial charge in [0.25, 0.3) is 0 Å². The molecule has 1 saturated heterocycles. The van der Waals surface area contributed by atoms with E-state index in [1.807, 2.05) is 9.80 Å². The number of unbranched alkanes of at least 4 members (excludes halogenated alkanes) is 1. The summed E-state index contributed by atoms with van der Waals surface area (Å²) in [5, 5.41) is 0. The maximum atomic E-state index is 11.6. The van der Waals surface area contributed by atoms with Gasteiger partial charge >= 0.3 is 6.03 Å². The number of carbonyl (C=O) groups excluding carboxylic acids is 1. The van der Waals surface area contributed by atoms with E-state index in [4.69, 9.17) is 5.73 Å². The van der Waals surface area contributed by atoms with E-state index in [0.717, 1.165) is 32.5 Å². The molecule has 76 valence electrons. The van der Waals surface area contributed by atoms with Gasteiger partial charge in [0.05, 0.1) is 0 Å². The van der Waals surface area contributed by atoms with Crippen molar-refractivity contribution in [3.05, 3.63) is 0 Å². The van der Waals surface area contributed by atoms with Gasteiger partial charge < -0.3 is 15.5 Å². The molecule has 1 aliphatic rings. The second kappa shape index (κ2) is 5.07. The minimum atomic E-state index is 0.166. The minimum absolute atomic E-state index is 0.166. The summed E-state index contributed by atoms with van der Waals surface area (Å²) in [7, 11) is 0. The molecule has 1 heterocycles. The van der Waals surface area contributed by atoms with Gasteiger partial charge in [0.2, 0.25) is 0 Å². The van der Waals surface area contributed by atoms with Crippen LogP contribution >= 0.6 is 0 Å². The molecule has 0 aromatic rings. The Balaban J connectivity index is 2.32. The lowest BCUT2D eigenvalue weighted by Gasteiger charge is -2.17. The van der Waals surface area contributed by atoms with Crippen LogP contribution in [0.5, 0.6) is 0 Å². The highest BCUT2D eigenvalue weighted by Crippen LogP contribution is 2.08. The van der Waals surface area contributed by atoms with Crippen molar-refractivity contribution in [2.75, 3.05) is 32.7 Å². The third-order valence-electron chi connectivity index (χ3n) is 2.36. The SMILES string of the molecule is CCCCN1CCN(CCN)C1=O. The van der Waals surface area contributed by atoms with Crippen LogP contribution in [0.15, 0.2) is 0 Å². The van der Waals surface area contributed by atoms with Crippen molar-refractivity contribution in [2.45, 2.75) is 19.8 Å². The Kier molecular flexibility index (Phi) is 4.02. The molecule has 1 fully saturated rings. The zero-order valence-electron chi connectivity index (χ0n) is 8.33. The summed E-state index contributed by atoms with van der Waals surface area (Å²) in [6.45, 7) is 6.02. The Bertz CT molecular complexity index is 172. The van der Waals surface area contributed by atoms with E-state index < -0.39 is 0 Å². The molecule has 2 amide bonds. The van der Waals surface area contributed by atoms with Crippen LogP contribution in [0.1, 0.15) is 19.8 Å². The first-order valence-corrected chi connectivity index (χ1v) is 5.03. The molecular formula is C9H19N3O. The number of hydrogen-bond donors (Lipinski definition) is 1. The van der Waals surface area contributed by atoms with Crippen molar-refractivity contribution in [3.63, 3.8) is 0 Å². The van der Waals surface area contributed by atoms with Crippen LogP contribution in [0.3, 0.4) is 0 Å². The molecule has 0 aromatic carbocycles. The zero-order valence-corrected chi connectivity index (χ0v) is 8.33. The molecule has 2 N–H and O–H groups in total. The van der Waals surface area contributed by atoms with Crippen LogP contribution in [0.25, 0.3) is 0 Å². The van der Waals surface area contributed by atoms with Gasteiger partial charge in [-0.15, -0.1) is 0 Å². The first-order valence-electron chi connectivity index (χ1n) is 5.03. The van der Waals surface area contributed by atoms with Gasteiger partial charge in [0.1, 0.15) is 0 Å². The fourth-order valence-electron chi connectivity index (χ4n) is 1.55. The molecule has 0 saturated carbocycles. The largest absolute Gasteiger partial charge is 0.329 e. The van der Waals surface area contributed by atoms with E-state index in [0.29, 0.717) is 13.1 Å². The molecule has 0 unspecified atom stereocenters. The number of hydrogen-bond acceptors (Lipinski definition) is 2. The van der Waals surface area contributed by atoms with Crippen LogP contribution in [0.4, 0.5) is 4.79 Å². The van der Waals surface area contributed by atoms with E-state index in [1.165, 1.54) is 0 Å². The topological polar surface area (TPSA) is 49.6 Å². The molecule has 4 heteroatoms. The average molecular weight is 185 g/mol. The number of rotatable bonds is 5. The maximum absolute atomic E-state index is 11.6. The number of nitrogens with two attached hydrogens (primary N) is 1. The van der Waals surface area contributed by atoms with Crippen molar-refractivity contribution in [3.8, 4) is 0 Å². The van der Waals surface area contributed by atoms with Crippen molar-refractivity contribution < 1.29 is 4.79 Å². The van der Waals surface area contributed by atoms with Gasteiger partial charge in [-0.05, 0) is 6.42 Å². The molecule has 0 bridgehead atoms. The summed E-state index contributed by atoms with van der Waals surface area (Å²) in [6.07, 6.45) is 2.24. The van der Waals surface area contributed by atoms with Gasteiger partial charge in [-0.1, -0.05) is 13.3 Å². The van der Waals surface area contributed by atoms with Gasteiger partial charge in [-0.2, -0.15) is 0 Å². The highest BCUT2D eigenvalue weighted by molar-refractivity contribution is 5.76. The molecule has 1 aliphatic heterocycles. The average Bonchev–Trinajstić information content (AvgIpc) is 2.46. The van der Waals surface area contributed by atoms with E-state index in [9.17, 15) is 4.79 Å². The zero-order chi connectivity index (χ0) is 9.68. The smallest absolute Gasteiger partial charge is 0.320 e. The lowest BCUT2D eigenvalue weighted by molar-refractivity contribution is 0.192. The Morgan fingerprint density at radius 2 is 1.92 bits per heavy atom. The van der Waals surface area contributed by atoms with Gasteiger partial charge in [0, 0.05) is 32.7 Å². The van der Waals surface area contributed by atoms with Gasteiger partial charge in [-0.3, -0.25) is 0 Å². The summed E-state index contributed by atoms with van der Waals surface area (Å²) >= 11 is 0. The van der Waals surface area contributed by atoms with Crippen molar-refractivity contribution in [1.82, 2.24) is 9.80 Å². The second-order valence-corrected chi connectivity index (χ2v) is 3.40. The summed E-state index contributed by atoms with van der Waals surface area (Å²) in [6, 6.07) is 0.166. The minimum Gasteiger partial charge on any atom is -0.329 e. The van der Waals surface area contributed by atoms with Crippen LogP contribution < -0.4 is 5.73 Å². The normalized spacial score (nSPS) is 17.2. The van der Waals surface area contributed by atoms with Crippen LogP contribution in [-0.2, 0) is 0 Å². The molecule has 0 atom stereocenters. The van der Waals surface area contributed by atoms with Gasteiger partial charge in [0.15, 0.2) is 0 Å². The summed E-state index contributed by atoms with van der Waals surface area (Å²) in [5.41, 5.74) is 5.40. The van der Waals surface area contributed by atoms with Crippen molar-refractivity contribution in [2.24, 2.45) is 5.73 Å². The highest BCUT2D eigenvalue weighted by atomic mass is 16.2. The molecule has 1 rings (SSSR count). The first-order chi connectivity index (χ1) is 6.29. The van der Waals surface area contributed by atoms with E-state index in [2.05, 4.69) is 6.92 Å². The Hall–Kier alpha value is -0.770. The molecule has 0 aliphatic carbocycles. The molecule has 0 spiro atoms. The predicted molar refractivity (Wildman–Crippen MR) is 52.5 cm³/mol. The highest BCUT2D eigenvalue weighted by Gasteiger charge is 2.26. The molecule has 0 aromatic heterocycles. The fourth-order valence-corrected chi connectivity index (χ4v) is 1.55. The second-order valence-electron chi connectivity index (χ2n) is 3.40. The Morgan fingerprint density at radius 1 is 1.31 bits per heavy atom. The van der Waals surface area contributed by atoms with Crippen molar-refractivity contribution in [1.29, 1.82) is 0 Å². The molecule has 0 radical (unpaired) electrons. The Labute approximate surface area is 79.7 Å². The summed E-state index contributed by atoms with van der Waals surface area (Å²) < 4.78 is 0. The van der Waals surface area contributed by atoms with E-state index in [-0.39, 0.29) is 6.03 Å². The van der Waals surface area contributed by atoms with Crippen LogP contribution in [0, 0.1) is 0 Å². The number of amides is 2. The third-order valence-corrected chi connectivity index (χ3v) is 2.36. The maximum Gasteiger partial charge on any atom is 0.320 e. The predicted octanol–water partition coefficient (Wildman–Crippen LogP) is 0.483. The summed E-state index contributed by atoms with van der Waals surface area (Å²) in [5.74, 6) is 0. The lowest BCUT2D eigenvalue weighted by atomic mass is 10.3. The molecule has 13 heavy (non-hydrogen) atoms. The van der Waals surface area contributed by atoms with Crippen molar-refractivity contribution >= 4 is 6.03 Å². The monoisotopic (exact) mass is 185 g/mol. The number of urea groups is 1. The fraction of sp³-hybridized carbons (Fsp3) is 0.889. The third kappa shape index (κ3) is 2.59. The van der Waals surface area contributed by atoms with E-state index in [1.54, 1.807) is 0 Å². The first kappa shape index (κ1) is 10.3. The van der Waals surface area contributed by atoms with E-state index >= 15 is 0 Å². The van der Waals surface area contributed by atoms with Gasteiger partial charge in [-0.25, -0.2) is 4.79 Å². The standard InChI is InChI=1S/C9H19N3O/c1-2-3-5-11-7-8-12(6-4-10)9(11)13/h2-8,10H2,1H3. The molecular weight excluding hydrogens is 166 g/mol. The number of nitrogens with zero attached hydrogens (tertiary/aromatic N) is 2. The lowest BCUT2D eigenvalue weighted by Crippen LogP contribution is -2.35. The van der Waals surface area contributed by atoms with Crippen LogP contribution in [0.2, 0.25) is 0 Å². The number of carbonyl (C=O) groups is 1. The summed E-state index contributed by atoms with van der Waals surface area (Å²) in [4.78, 5) is 15.3. The van der Waals surface area contributed by atoms with Crippen LogP contribution in [-0.4, -0.2) is 48.6 Å².